The number of aromatic nitrogens is 1. The molecule has 0 saturated heterocycles. The Hall–Kier alpha value is -2.30. The van der Waals surface area contributed by atoms with Crippen LogP contribution in [0.4, 0.5) is 0 Å². The molecule has 1 aliphatic carbocycles. The van der Waals surface area contributed by atoms with Crippen LogP contribution in [0.1, 0.15) is 34.5 Å². The Kier molecular flexibility index (Phi) is 3.18. The molecule has 0 unspecified atom stereocenters. The highest BCUT2D eigenvalue weighted by Crippen LogP contribution is 2.38. The summed E-state index contributed by atoms with van der Waals surface area (Å²) in [4.78, 5) is 10.9. The number of aryl methyl sites for hydroxylation is 1. The summed E-state index contributed by atoms with van der Waals surface area (Å²) in [7, 11) is 1.63. The third kappa shape index (κ3) is 2.05. The second kappa shape index (κ2) is 5.00. The van der Waals surface area contributed by atoms with Gasteiger partial charge in [-0.05, 0) is 42.9 Å². The van der Waals surface area contributed by atoms with Gasteiger partial charge in [-0.3, -0.25) is 0 Å². The van der Waals surface area contributed by atoms with Crippen LogP contribution in [0.3, 0.4) is 0 Å². The van der Waals surface area contributed by atoms with Crippen molar-refractivity contribution in [2.45, 2.75) is 25.7 Å². The van der Waals surface area contributed by atoms with Crippen molar-refractivity contribution >= 4 is 5.97 Å². The summed E-state index contributed by atoms with van der Waals surface area (Å²) in [5.41, 5.74) is 3.16. The summed E-state index contributed by atoms with van der Waals surface area (Å²) in [6, 6.07) is 5.40. The SMILES string of the molecule is COc1c(-c2cc(C(=O)O)no2)ccc2c1CCCC2. The average molecular weight is 273 g/mol. The van der Waals surface area contributed by atoms with Crippen molar-refractivity contribution < 1.29 is 19.2 Å². The van der Waals surface area contributed by atoms with Gasteiger partial charge >= 0.3 is 5.97 Å². The molecule has 1 heterocycles. The molecule has 3 rings (SSSR count). The van der Waals surface area contributed by atoms with Gasteiger partial charge in [0.1, 0.15) is 5.75 Å². The Morgan fingerprint density at radius 2 is 2.15 bits per heavy atom. The van der Waals surface area contributed by atoms with Crippen LogP contribution in [0.2, 0.25) is 0 Å². The number of hydrogen-bond acceptors (Lipinski definition) is 4. The van der Waals surface area contributed by atoms with Crippen LogP contribution in [-0.4, -0.2) is 23.3 Å². The molecule has 104 valence electrons. The van der Waals surface area contributed by atoms with E-state index in [1.54, 1.807) is 7.11 Å². The van der Waals surface area contributed by atoms with E-state index < -0.39 is 5.97 Å². The van der Waals surface area contributed by atoms with Gasteiger partial charge in [-0.25, -0.2) is 4.79 Å². The largest absolute Gasteiger partial charge is 0.496 e. The van der Waals surface area contributed by atoms with Crippen molar-refractivity contribution in [2.24, 2.45) is 0 Å². The lowest BCUT2D eigenvalue weighted by Crippen LogP contribution is -2.05. The van der Waals surface area contributed by atoms with E-state index in [0.717, 1.165) is 30.6 Å². The molecule has 0 radical (unpaired) electrons. The average Bonchev–Trinajstić information content (AvgIpc) is 2.95. The molecule has 0 atom stereocenters. The van der Waals surface area contributed by atoms with E-state index in [-0.39, 0.29) is 5.69 Å². The summed E-state index contributed by atoms with van der Waals surface area (Å²) in [5.74, 6) is 0.0971. The zero-order chi connectivity index (χ0) is 14.1. The Morgan fingerprint density at radius 1 is 1.35 bits per heavy atom. The maximum atomic E-state index is 10.9. The van der Waals surface area contributed by atoms with Gasteiger partial charge in [-0.15, -0.1) is 0 Å². The third-order valence-corrected chi connectivity index (χ3v) is 3.68. The van der Waals surface area contributed by atoms with Crippen molar-refractivity contribution in [1.82, 2.24) is 5.16 Å². The summed E-state index contributed by atoms with van der Waals surface area (Å²) in [6.07, 6.45) is 4.37. The van der Waals surface area contributed by atoms with Gasteiger partial charge in [0, 0.05) is 6.07 Å². The second-order valence-electron chi connectivity index (χ2n) is 4.87. The molecule has 5 nitrogen and oxygen atoms in total. The Balaban J connectivity index is 2.10. The molecule has 1 aromatic carbocycles. The lowest BCUT2D eigenvalue weighted by molar-refractivity contribution is 0.0686. The van der Waals surface area contributed by atoms with E-state index in [4.69, 9.17) is 14.4 Å². The van der Waals surface area contributed by atoms with E-state index >= 15 is 0 Å². The first-order chi connectivity index (χ1) is 9.70. The molecule has 1 N–H and O–H groups in total. The standard InChI is InChI=1S/C15H15NO4/c1-19-14-10-5-3-2-4-9(10)6-7-11(14)13-8-12(15(17)18)16-20-13/h6-8H,2-5H2,1H3,(H,17,18). The van der Waals surface area contributed by atoms with E-state index in [2.05, 4.69) is 11.2 Å². The van der Waals surface area contributed by atoms with E-state index in [0.29, 0.717) is 5.76 Å². The van der Waals surface area contributed by atoms with Crippen molar-refractivity contribution in [3.05, 3.63) is 35.0 Å². The molecule has 20 heavy (non-hydrogen) atoms. The third-order valence-electron chi connectivity index (χ3n) is 3.68. The van der Waals surface area contributed by atoms with Gasteiger partial charge in [-0.1, -0.05) is 11.2 Å². The zero-order valence-electron chi connectivity index (χ0n) is 11.2. The predicted octanol–water partition coefficient (Wildman–Crippen LogP) is 2.93. The number of fused-ring (bicyclic) bond motifs is 1. The Labute approximate surface area is 116 Å². The fraction of sp³-hybridized carbons (Fsp3) is 0.333. The fourth-order valence-electron chi connectivity index (χ4n) is 2.72. The first-order valence-electron chi connectivity index (χ1n) is 6.60. The molecule has 0 saturated carbocycles. The molecule has 1 aliphatic rings. The molecule has 0 spiro atoms. The Morgan fingerprint density at radius 3 is 2.85 bits per heavy atom. The number of carboxylic acid groups (broad SMARTS) is 1. The second-order valence-corrected chi connectivity index (χ2v) is 4.87. The van der Waals surface area contributed by atoms with Crippen LogP contribution in [-0.2, 0) is 12.8 Å². The van der Waals surface area contributed by atoms with Crippen LogP contribution in [0.15, 0.2) is 22.7 Å². The van der Waals surface area contributed by atoms with Crippen molar-refractivity contribution in [3.8, 4) is 17.1 Å². The van der Waals surface area contributed by atoms with Crippen LogP contribution < -0.4 is 4.74 Å². The van der Waals surface area contributed by atoms with Crippen LogP contribution >= 0.6 is 0 Å². The molecule has 5 heteroatoms. The number of methoxy groups -OCH3 is 1. The lowest BCUT2D eigenvalue weighted by Gasteiger charge is -2.20. The summed E-state index contributed by atoms with van der Waals surface area (Å²) in [6.45, 7) is 0. The van der Waals surface area contributed by atoms with Crippen molar-refractivity contribution in [3.63, 3.8) is 0 Å². The van der Waals surface area contributed by atoms with Crippen molar-refractivity contribution in [1.29, 1.82) is 0 Å². The molecule has 1 aromatic heterocycles. The topological polar surface area (TPSA) is 72.6 Å². The number of benzene rings is 1. The number of hydrogen-bond donors (Lipinski definition) is 1. The van der Waals surface area contributed by atoms with Gasteiger partial charge in [0.15, 0.2) is 11.5 Å². The minimum absolute atomic E-state index is 0.0974. The quantitative estimate of drug-likeness (QED) is 0.930. The lowest BCUT2D eigenvalue weighted by atomic mass is 9.89. The number of nitrogens with zero attached hydrogens (tertiary/aromatic N) is 1. The fourth-order valence-corrected chi connectivity index (χ4v) is 2.72. The van der Waals surface area contributed by atoms with Gasteiger partial charge in [0.05, 0.1) is 12.7 Å². The van der Waals surface area contributed by atoms with E-state index in [9.17, 15) is 4.79 Å². The van der Waals surface area contributed by atoms with E-state index in [1.165, 1.54) is 23.6 Å². The molecule has 0 bridgehead atoms. The highest BCUT2D eigenvalue weighted by molar-refractivity contribution is 5.87. The molecular formula is C15H15NO4. The first kappa shape index (κ1) is 12.7. The summed E-state index contributed by atoms with van der Waals surface area (Å²) < 4.78 is 10.7. The normalized spacial score (nSPS) is 13.8. The van der Waals surface area contributed by atoms with Gasteiger partial charge in [-0.2, -0.15) is 0 Å². The molecule has 0 fully saturated rings. The summed E-state index contributed by atoms with van der Waals surface area (Å²) >= 11 is 0. The maximum Gasteiger partial charge on any atom is 0.358 e. The van der Waals surface area contributed by atoms with Gasteiger partial charge in [0.2, 0.25) is 0 Å². The van der Waals surface area contributed by atoms with Crippen LogP contribution in [0, 0.1) is 0 Å². The molecular weight excluding hydrogens is 258 g/mol. The Bertz CT molecular complexity index is 660. The van der Waals surface area contributed by atoms with E-state index in [1.807, 2.05) is 6.07 Å². The maximum absolute atomic E-state index is 10.9. The number of carbonyl (C=O) groups is 1. The minimum atomic E-state index is -1.10. The zero-order valence-corrected chi connectivity index (χ0v) is 11.2. The monoisotopic (exact) mass is 273 g/mol. The number of aromatic carboxylic acids is 1. The van der Waals surface area contributed by atoms with Crippen molar-refractivity contribution in [2.75, 3.05) is 7.11 Å². The van der Waals surface area contributed by atoms with Crippen LogP contribution in [0.25, 0.3) is 11.3 Å². The highest BCUT2D eigenvalue weighted by atomic mass is 16.5. The minimum Gasteiger partial charge on any atom is -0.496 e. The first-order valence-corrected chi connectivity index (χ1v) is 6.60. The van der Waals surface area contributed by atoms with Gasteiger partial charge in [0.25, 0.3) is 0 Å². The smallest absolute Gasteiger partial charge is 0.358 e. The molecule has 0 aliphatic heterocycles. The number of rotatable bonds is 3. The number of carboxylic acids is 1. The predicted molar refractivity (Wildman–Crippen MR) is 72.1 cm³/mol. The van der Waals surface area contributed by atoms with Crippen LogP contribution in [0.5, 0.6) is 5.75 Å². The molecule has 2 aromatic rings. The summed E-state index contributed by atoms with van der Waals surface area (Å²) in [5, 5.41) is 12.5. The highest BCUT2D eigenvalue weighted by Gasteiger charge is 2.21. The number of ether oxygens (including phenoxy) is 1. The molecule has 0 amide bonds. The van der Waals surface area contributed by atoms with Gasteiger partial charge < -0.3 is 14.4 Å².